The van der Waals surface area contributed by atoms with Crippen LogP contribution in [0.4, 0.5) is 0 Å². The van der Waals surface area contributed by atoms with Crippen LogP contribution in [0.1, 0.15) is 5.56 Å². The molecular formula is C10H15NO2. The van der Waals surface area contributed by atoms with Gasteiger partial charge in [0, 0.05) is 6.54 Å². The molecule has 0 aromatic heterocycles. The lowest BCUT2D eigenvalue weighted by Crippen LogP contribution is -2.21. The van der Waals surface area contributed by atoms with Crippen LogP contribution in [0.3, 0.4) is 0 Å². The van der Waals surface area contributed by atoms with Gasteiger partial charge in [-0.15, -0.1) is 0 Å². The van der Waals surface area contributed by atoms with E-state index in [0.29, 0.717) is 19.9 Å². The summed E-state index contributed by atoms with van der Waals surface area (Å²) < 4.78 is 5.30. The van der Waals surface area contributed by atoms with Gasteiger partial charge in [-0.05, 0) is 5.56 Å². The van der Waals surface area contributed by atoms with E-state index in [4.69, 9.17) is 9.84 Å². The van der Waals surface area contributed by atoms with Crippen molar-refractivity contribution >= 4 is 0 Å². The summed E-state index contributed by atoms with van der Waals surface area (Å²) in [6.07, 6.45) is 0. The molecule has 0 saturated heterocycles. The molecule has 0 heterocycles. The molecule has 0 aliphatic carbocycles. The van der Waals surface area contributed by atoms with Crippen LogP contribution in [0.25, 0.3) is 0 Å². The molecule has 0 amide bonds. The second kappa shape index (κ2) is 6.60. The molecule has 72 valence electrons. The number of rotatable bonds is 6. The van der Waals surface area contributed by atoms with E-state index in [0.717, 1.165) is 5.56 Å². The minimum atomic E-state index is 0.148. The first-order chi connectivity index (χ1) is 6.43. The summed E-state index contributed by atoms with van der Waals surface area (Å²) >= 11 is 0. The molecule has 1 rings (SSSR count). The molecule has 2 N–H and O–H groups in total. The average molecular weight is 181 g/mol. The highest BCUT2D eigenvalue weighted by Crippen LogP contribution is 1.99. The third kappa shape index (κ3) is 4.62. The molecule has 13 heavy (non-hydrogen) atoms. The van der Waals surface area contributed by atoms with Crippen LogP contribution in [0.15, 0.2) is 30.3 Å². The van der Waals surface area contributed by atoms with Crippen molar-refractivity contribution < 1.29 is 9.84 Å². The summed E-state index contributed by atoms with van der Waals surface area (Å²) in [6, 6.07) is 9.99. The van der Waals surface area contributed by atoms with E-state index < -0.39 is 0 Å². The maximum absolute atomic E-state index is 8.46. The molecule has 3 heteroatoms. The van der Waals surface area contributed by atoms with Gasteiger partial charge in [0.15, 0.2) is 0 Å². The predicted octanol–water partition coefficient (Wildman–Crippen LogP) is 0.743. The second-order valence-electron chi connectivity index (χ2n) is 2.70. The lowest BCUT2D eigenvalue weighted by atomic mass is 10.2. The van der Waals surface area contributed by atoms with Gasteiger partial charge in [-0.3, -0.25) is 5.32 Å². The van der Waals surface area contributed by atoms with Crippen LogP contribution in [0.5, 0.6) is 0 Å². The number of ether oxygens (including phenoxy) is 1. The molecule has 0 unspecified atom stereocenters. The largest absolute Gasteiger partial charge is 0.395 e. The summed E-state index contributed by atoms with van der Waals surface area (Å²) in [5.74, 6) is 0. The van der Waals surface area contributed by atoms with Crippen molar-refractivity contribution in [1.82, 2.24) is 5.32 Å². The van der Waals surface area contributed by atoms with Gasteiger partial charge in [-0.1, -0.05) is 30.3 Å². The molecule has 0 radical (unpaired) electrons. The van der Waals surface area contributed by atoms with Crippen LogP contribution in [0.2, 0.25) is 0 Å². The van der Waals surface area contributed by atoms with Crippen molar-refractivity contribution in [3.8, 4) is 0 Å². The van der Waals surface area contributed by atoms with Crippen molar-refractivity contribution in [2.75, 3.05) is 19.9 Å². The fourth-order valence-electron chi connectivity index (χ4n) is 0.967. The molecule has 1 aromatic carbocycles. The first kappa shape index (κ1) is 10.2. The minimum absolute atomic E-state index is 0.148. The van der Waals surface area contributed by atoms with Gasteiger partial charge in [-0.2, -0.15) is 0 Å². The Morgan fingerprint density at radius 1 is 1.23 bits per heavy atom. The Balaban J connectivity index is 2.07. The van der Waals surface area contributed by atoms with Crippen molar-refractivity contribution in [2.45, 2.75) is 6.61 Å². The Kier molecular flexibility index (Phi) is 5.17. The van der Waals surface area contributed by atoms with Gasteiger partial charge in [0.05, 0.1) is 19.9 Å². The maximum Gasteiger partial charge on any atom is 0.0970 e. The highest BCUT2D eigenvalue weighted by molar-refractivity contribution is 5.13. The predicted molar refractivity (Wildman–Crippen MR) is 51.2 cm³/mol. The van der Waals surface area contributed by atoms with Crippen molar-refractivity contribution in [2.24, 2.45) is 0 Å². The highest BCUT2D eigenvalue weighted by atomic mass is 16.5. The van der Waals surface area contributed by atoms with Crippen molar-refractivity contribution in [3.05, 3.63) is 35.9 Å². The van der Waals surface area contributed by atoms with Crippen LogP contribution in [0, 0.1) is 0 Å². The SMILES string of the molecule is OCCNCOCc1ccccc1. The molecular weight excluding hydrogens is 166 g/mol. The number of aliphatic hydroxyl groups is 1. The summed E-state index contributed by atoms with van der Waals surface area (Å²) in [5, 5.41) is 11.4. The minimum Gasteiger partial charge on any atom is -0.395 e. The molecule has 0 aliphatic rings. The Morgan fingerprint density at radius 3 is 2.69 bits per heavy atom. The molecule has 0 aliphatic heterocycles. The van der Waals surface area contributed by atoms with Crippen molar-refractivity contribution in [1.29, 1.82) is 0 Å². The number of aliphatic hydroxyl groups excluding tert-OH is 1. The van der Waals surface area contributed by atoms with Crippen LogP contribution < -0.4 is 5.32 Å². The first-order valence-electron chi connectivity index (χ1n) is 4.36. The third-order valence-corrected chi connectivity index (χ3v) is 1.60. The summed E-state index contributed by atoms with van der Waals surface area (Å²) in [4.78, 5) is 0. The zero-order valence-electron chi connectivity index (χ0n) is 7.57. The monoisotopic (exact) mass is 181 g/mol. The van der Waals surface area contributed by atoms with E-state index >= 15 is 0 Å². The topological polar surface area (TPSA) is 41.5 Å². The second-order valence-corrected chi connectivity index (χ2v) is 2.70. The Hall–Kier alpha value is -0.900. The van der Waals surface area contributed by atoms with Gasteiger partial charge >= 0.3 is 0 Å². The van der Waals surface area contributed by atoms with E-state index in [9.17, 15) is 0 Å². The molecule has 0 spiro atoms. The molecule has 0 fully saturated rings. The fourth-order valence-corrected chi connectivity index (χ4v) is 0.967. The third-order valence-electron chi connectivity index (χ3n) is 1.60. The van der Waals surface area contributed by atoms with E-state index in [-0.39, 0.29) is 6.61 Å². The molecule has 3 nitrogen and oxygen atoms in total. The number of nitrogens with one attached hydrogen (secondary N) is 1. The summed E-state index contributed by atoms with van der Waals surface area (Å²) in [5.41, 5.74) is 1.16. The number of benzene rings is 1. The van der Waals surface area contributed by atoms with Gasteiger partial charge in [0.2, 0.25) is 0 Å². The quantitative estimate of drug-likeness (QED) is 0.502. The summed E-state index contributed by atoms with van der Waals surface area (Å²) in [6.45, 7) is 1.82. The van der Waals surface area contributed by atoms with Gasteiger partial charge in [-0.25, -0.2) is 0 Å². The highest BCUT2D eigenvalue weighted by Gasteiger charge is 1.90. The van der Waals surface area contributed by atoms with Crippen molar-refractivity contribution in [3.63, 3.8) is 0 Å². The zero-order valence-corrected chi connectivity index (χ0v) is 7.57. The van der Waals surface area contributed by atoms with E-state index in [1.807, 2.05) is 30.3 Å². The molecule has 0 saturated carbocycles. The van der Waals surface area contributed by atoms with Crippen LogP contribution in [-0.4, -0.2) is 25.0 Å². The van der Waals surface area contributed by atoms with Gasteiger partial charge < -0.3 is 9.84 Å². The Bertz CT molecular complexity index is 213. The Labute approximate surface area is 78.3 Å². The smallest absolute Gasteiger partial charge is 0.0970 e. The zero-order chi connectivity index (χ0) is 9.36. The lowest BCUT2D eigenvalue weighted by Gasteiger charge is -2.04. The molecule has 0 bridgehead atoms. The normalized spacial score (nSPS) is 10.2. The number of hydrogen-bond donors (Lipinski definition) is 2. The fraction of sp³-hybridized carbons (Fsp3) is 0.400. The van der Waals surface area contributed by atoms with E-state index in [2.05, 4.69) is 5.32 Å². The molecule has 1 aromatic rings. The Morgan fingerprint density at radius 2 is 2.00 bits per heavy atom. The van der Waals surface area contributed by atoms with Crippen LogP contribution >= 0.6 is 0 Å². The summed E-state index contributed by atoms with van der Waals surface area (Å²) in [7, 11) is 0. The van der Waals surface area contributed by atoms with E-state index in [1.54, 1.807) is 0 Å². The standard InChI is InChI=1S/C10H15NO2/c12-7-6-11-9-13-8-10-4-2-1-3-5-10/h1-5,11-12H,6-9H2. The average Bonchev–Trinajstić information content (AvgIpc) is 2.19. The van der Waals surface area contributed by atoms with Gasteiger partial charge in [0.1, 0.15) is 0 Å². The molecule has 0 atom stereocenters. The lowest BCUT2D eigenvalue weighted by molar-refractivity contribution is 0.0995. The van der Waals surface area contributed by atoms with E-state index in [1.165, 1.54) is 0 Å². The first-order valence-corrected chi connectivity index (χ1v) is 4.36. The number of hydrogen-bond acceptors (Lipinski definition) is 3. The van der Waals surface area contributed by atoms with Crippen LogP contribution in [-0.2, 0) is 11.3 Å². The van der Waals surface area contributed by atoms with Gasteiger partial charge in [0.25, 0.3) is 0 Å². The maximum atomic E-state index is 8.46.